The molecule has 0 atom stereocenters. The molecule has 0 aliphatic carbocycles. The average Bonchev–Trinajstić information content (AvgIpc) is 2.44. The van der Waals surface area contributed by atoms with Crippen molar-refractivity contribution >= 4 is 17.0 Å². The molecule has 14 heavy (non-hydrogen) atoms. The molecule has 0 fully saturated rings. The molecule has 2 rings (SSSR count). The van der Waals surface area contributed by atoms with Gasteiger partial charge in [-0.1, -0.05) is 13.8 Å². The topological polar surface area (TPSA) is 69.6 Å². The van der Waals surface area contributed by atoms with Crippen molar-refractivity contribution in [3.63, 3.8) is 0 Å². The number of hydrogen-bond acceptors (Lipinski definition) is 4. The second kappa shape index (κ2) is 3.25. The van der Waals surface area contributed by atoms with Gasteiger partial charge in [0.25, 0.3) is 0 Å². The highest BCUT2D eigenvalue weighted by Crippen LogP contribution is 2.15. The van der Waals surface area contributed by atoms with Crippen LogP contribution in [-0.4, -0.2) is 19.7 Å². The van der Waals surface area contributed by atoms with Gasteiger partial charge >= 0.3 is 0 Å². The van der Waals surface area contributed by atoms with E-state index >= 15 is 0 Å². The lowest BCUT2D eigenvalue weighted by atomic mass is 10.2. The third-order valence-corrected chi connectivity index (χ3v) is 1.93. The van der Waals surface area contributed by atoms with E-state index in [2.05, 4.69) is 28.9 Å². The maximum absolute atomic E-state index is 5.72. The maximum Gasteiger partial charge on any atom is 0.179 e. The first-order valence-corrected chi connectivity index (χ1v) is 4.61. The summed E-state index contributed by atoms with van der Waals surface area (Å²) in [5.41, 5.74) is 7.17. The van der Waals surface area contributed by atoms with E-state index in [1.807, 2.05) is 4.68 Å². The van der Waals surface area contributed by atoms with Crippen LogP contribution >= 0.6 is 0 Å². The van der Waals surface area contributed by atoms with Gasteiger partial charge < -0.3 is 5.73 Å². The quantitative estimate of drug-likeness (QED) is 0.770. The minimum absolute atomic E-state index is 0.453. The summed E-state index contributed by atoms with van der Waals surface area (Å²) < 4.78 is 1.81. The molecule has 2 aromatic heterocycles. The van der Waals surface area contributed by atoms with Gasteiger partial charge in [0.05, 0.1) is 0 Å². The van der Waals surface area contributed by atoms with Crippen molar-refractivity contribution in [2.45, 2.75) is 20.4 Å². The normalized spacial score (nSPS) is 11.4. The zero-order valence-electron chi connectivity index (χ0n) is 8.31. The van der Waals surface area contributed by atoms with E-state index in [1.165, 1.54) is 0 Å². The number of aromatic nitrogens is 4. The monoisotopic (exact) mass is 191 g/mol. The second-order valence-electron chi connectivity index (χ2n) is 3.69. The molecule has 74 valence electrons. The van der Waals surface area contributed by atoms with Crippen LogP contribution in [0, 0.1) is 5.92 Å². The molecule has 0 saturated carbocycles. The minimum atomic E-state index is 0.453. The Morgan fingerprint density at radius 2 is 2.07 bits per heavy atom. The number of hydrogen-bond donors (Lipinski definition) is 1. The van der Waals surface area contributed by atoms with Gasteiger partial charge in [0.2, 0.25) is 0 Å². The molecule has 2 aromatic rings. The number of nitrogens with zero attached hydrogens (tertiary/aromatic N) is 4. The molecule has 0 aromatic carbocycles. The number of rotatable bonds is 2. The van der Waals surface area contributed by atoms with Gasteiger partial charge in [-0.05, 0) is 5.92 Å². The Bertz CT molecular complexity index is 445. The Hall–Kier alpha value is -1.65. The van der Waals surface area contributed by atoms with Gasteiger partial charge in [-0.25, -0.2) is 14.6 Å². The van der Waals surface area contributed by atoms with Crippen molar-refractivity contribution in [3.05, 3.63) is 12.4 Å². The van der Waals surface area contributed by atoms with Gasteiger partial charge in [0.15, 0.2) is 17.0 Å². The molecule has 2 N–H and O–H groups in total. The van der Waals surface area contributed by atoms with E-state index in [4.69, 9.17) is 5.73 Å². The van der Waals surface area contributed by atoms with Gasteiger partial charge in [-0.3, -0.25) is 0 Å². The number of nitrogens with two attached hydrogens (primary N) is 1. The molecule has 0 bridgehead atoms. The summed E-state index contributed by atoms with van der Waals surface area (Å²) in [6.45, 7) is 5.06. The largest absolute Gasteiger partial charge is 0.380 e. The van der Waals surface area contributed by atoms with Gasteiger partial charge in [-0.15, -0.1) is 0 Å². The summed E-state index contributed by atoms with van der Waals surface area (Å²) in [6.07, 6.45) is 3.28. The molecule has 0 saturated heterocycles. The van der Waals surface area contributed by atoms with Gasteiger partial charge in [0, 0.05) is 18.9 Å². The first-order chi connectivity index (χ1) is 6.68. The highest BCUT2D eigenvalue weighted by Gasteiger charge is 2.10. The Kier molecular flexibility index (Phi) is 2.07. The summed E-state index contributed by atoms with van der Waals surface area (Å²) in [5.74, 6) is 0.966. The molecule has 5 heteroatoms. The molecule has 0 radical (unpaired) electrons. The lowest BCUT2D eigenvalue weighted by molar-refractivity contribution is 0.493. The molecule has 0 unspecified atom stereocenters. The van der Waals surface area contributed by atoms with Crippen molar-refractivity contribution < 1.29 is 0 Å². The highest BCUT2D eigenvalue weighted by atomic mass is 15.3. The molecule has 5 nitrogen and oxygen atoms in total. The van der Waals surface area contributed by atoms with E-state index in [-0.39, 0.29) is 0 Å². The van der Waals surface area contributed by atoms with E-state index in [0.717, 1.165) is 12.2 Å². The first kappa shape index (κ1) is 8.93. The SMILES string of the molecule is CC(C)Cn1nc(N)c2nccnc21. The van der Waals surface area contributed by atoms with Crippen molar-refractivity contribution in [2.75, 3.05) is 5.73 Å². The summed E-state index contributed by atoms with van der Waals surface area (Å²) in [4.78, 5) is 8.35. The fourth-order valence-electron chi connectivity index (χ4n) is 1.40. The first-order valence-electron chi connectivity index (χ1n) is 4.61. The lowest BCUT2D eigenvalue weighted by Gasteiger charge is -2.04. The zero-order valence-corrected chi connectivity index (χ0v) is 8.31. The average molecular weight is 191 g/mol. The van der Waals surface area contributed by atoms with Crippen LogP contribution in [0.5, 0.6) is 0 Å². The maximum atomic E-state index is 5.72. The van der Waals surface area contributed by atoms with Crippen LogP contribution in [0.25, 0.3) is 11.2 Å². The number of fused-ring (bicyclic) bond motifs is 1. The second-order valence-corrected chi connectivity index (χ2v) is 3.69. The summed E-state index contributed by atoms with van der Waals surface area (Å²) in [5, 5.41) is 4.20. The van der Waals surface area contributed by atoms with Crippen LogP contribution in [0.2, 0.25) is 0 Å². The molecule has 0 spiro atoms. The Morgan fingerprint density at radius 1 is 1.36 bits per heavy atom. The van der Waals surface area contributed by atoms with Crippen molar-refractivity contribution in [3.8, 4) is 0 Å². The zero-order chi connectivity index (χ0) is 10.1. The lowest BCUT2D eigenvalue weighted by Crippen LogP contribution is -2.06. The van der Waals surface area contributed by atoms with Crippen LogP contribution in [0.3, 0.4) is 0 Å². The smallest absolute Gasteiger partial charge is 0.179 e. The summed E-state index contributed by atoms with van der Waals surface area (Å²) >= 11 is 0. The van der Waals surface area contributed by atoms with E-state index in [0.29, 0.717) is 17.3 Å². The fourth-order valence-corrected chi connectivity index (χ4v) is 1.40. The summed E-state index contributed by atoms with van der Waals surface area (Å²) in [6, 6.07) is 0. The predicted octanol–water partition coefficient (Wildman–Crippen LogP) is 1.06. The Balaban J connectivity index is 2.55. The molecule has 2 heterocycles. The standard InChI is InChI=1S/C9H13N5/c1-6(2)5-14-9-7(8(10)13-14)11-3-4-12-9/h3-4,6H,5H2,1-2H3,(H2,10,13). The van der Waals surface area contributed by atoms with Crippen molar-refractivity contribution in [2.24, 2.45) is 5.92 Å². The molecular weight excluding hydrogens is 178 g/mol. The third-order valence-electron chi connectivity index (χ3n) is 1.93. The number of anilines is 1. The Morgan fingerprint density at radius 3 is 2.79 bits per heavy atom. The molecule has 0 aliphatic heterocycles. The molecular formula is C9H13N5. The van der Waals surface area contributed by atoms with Crippen LogP contribution in [0.4, 0.5) is 5.82 Å². The van der Waals surface area contributed by atoms with Gasteiger partial charge in [-0.2, -0.15) is 5.10 Å². The van der Waals surface area contributed by atoms with Crippen LogP contribution in [0.15, 0.2) is 12.4 Å². The van der Waals surface area contributed by atoms with Crippen molar-refractivity contribution in [1.29, 1.82) is 0 Å². The summed E-state index contributed by atoms with van der Waals surface area (Å²) in [7, 11) is 0. The predicted molar refractivity (Wildman–Crippen MR) is 54.6 cm³/mol. The third kappa shape index (κ3) is 1.41. The highest BCUT2D eigenvalue weighted by molar-refractivity contribution is 5.81. The van der Waals surface area contributed by atoms with Crippen LogP contribution in [-0.2, 0) is 6.54 Å². The van der Waals surface area contributed by atoms with Gasteiger partial charge in [0.1, 0.15) is 0 Å². The minimum Gasteiger partial charge on any atom is -0.380 e. The van der Waals surface area contributed by atoms with E-state index in [9.17, 15) is 0 Å². The molecule has 0 amide bonds. The van der Waals surface area contributed by atoms with Crippen molar-refractivity contribution in [1.82, 2.24) is 19.7 Å². The van der Waals surface area contributed by atoms with Crippen LogP contribution < -0.4 is 5.73 Å². The van der Waals surface area contributed by atoms with E-state index < -0.39 is 0 Å². The van der Waals surface area contributed by atoms with E-state index in [1.54, 1.807) is 12.4 Å². The Labute approximate surface area is 82.0 Å². The number of nitrogen functional groups attached to an aromatic ring is 1. The molecule has 0 aliphatic rings. The van der Waals surface area contributed by atoms with Crippen LogP contribution in [0.1, 0.15) is 13.8 Å². The fraction of sp³-hybridized carbons (Fsp3) is 0.444.